The Morgan fingerprint density at radius 2 is 2.00 bits per heavy atom. The number of rotatable bonds is 11. The van der Waals surface area contributed by atoms with Crippen LogP contribution < -0.4 is 15.4 Å². The minimum absolute atomic E-state index is 0.0722. The number of aliphatic hydroxyl groups is 1. The number of carbonyl (C=O) groups excluding carboxylic acids is 2. The van der Waals surface area contributed by atoms with Crippen LogP contribution >= 0.6 is 23.4 Å². The number of allylic oxidation sites excluding steroid dienone is 1. The summed E-state index contributed by atoms with van der Waals surface area (Å²) in [5.41, 5.74) is 1.92. The van der Waals surface area contributed by atoms with Crippen molar-refractivity contribution in [3.05, 3.63) is 77.1 Å². The van der Waals surface area contributed by atoms with Gasteiger partial charge in [0.2, 0.25) is 5.91 Å². The highest BCUT2D eigenvalue weighted by Crippen LogP contribution is 2.23. The van der Waals surface area contributed by atoms with Crippen LogP contribution in [-0.2, 0) is 11.3 Å². The minimum Gasteiger partial charge on any atom is -0.497 e. The Bertz CT molecular complexity index is 1200. The summed E-state index contributed by atoms with van der Waals surface area (Å²) in [7, 11) is 1.54. The number of thioether (sulfide) groups is 1. The number of hydrogen-bond donors (Lipinski definition) is 3. The summed E-state index contributed by atoms with van der Waals surface area (Å²) in [6.07, 6.45) is 1.64. The molecule has 1 atom stereocenters. The first kappa shape index (κ1) is 26.3. The number of anilines is 1. The van der Waals surface area contributed by atoms with Gasteiger partial charge in [-0.3, -0.25) is 9.59 Å². The van der Waals surface area contributed by atoms with E-state index in [4.69, 9.17) is 16.3 Å². The van der Waals surface area contributed by atoms with Crippen LogP contribution in [0, 0.1) is 6.92 Å². The molecule has 0 aliphatic carbocycles. The average molecular weight is 516 g/mol. The summed E-state index contributed by atoms with van der Waals surface area (Å²) in [5, 5.41) is 24.9. The Morgan fingerprint density at radius 1 is 1.26 bits per heavy atom. The Morgan fingerprint density at radius 3 is 2.63 bits per heavy atom. The molecule has 3 N–H and O–H groups in total. The van der Waals surface area contributed by atoms with E-state index in [1.54, 1.807) is 54.2 Å². The molecule has 3 rings (SSSR count). The lowest BCUT2D eigenvalue weighted by Gasteiger charge is -2.17. The van der Waals surface area contributed by atoms with E-state index in [1.807, 2.05) is 13.0 Å². The predicted molar refractivity (Wildman–Crippen MR) is 136 cm³/mol. The number of ether oxygens (including phenoxy) is 1. The predicted octanol–water partition coefficient (Wildman–Crippen LogP) is 3.63. The number of amides is 2. The highest BCUT2D eigenvalue weighted by Gasteiger charge is 2.23. The average Bonchev–Trinajstić information content (AvgIpc) is 3.26. The molecular formula is C24H26ClN5O4S. The zero-order valence-corrected chi connectivity index (χ0v) is 20.9. The molecule has 0 spiro atoms. The molecule has 0 unspecified atom stereocenters. The number of carbonyl (C=O) groups is 2. The van der Waals surface area contributed by atoms with E-state index in [2.05, 4.69) is 27.4 Å². The van der Waals surface area contributed by atoms with Gasteiger partial charge in [0, 0.05) is 22.8 Å². The van der Waals surface area contributed by atoms with E-state index >= 15 is 0 Å². The van der Waals surface area contributed by atoms with Crippen molar-refractivity contribution in [3.63, 3.8) is 0 Å². The van der Waals surface area contributed by atoms with Crippen molar-refractivity contribution < 1.29 is 19.4 Å². The standard InChI is InChI=1S/C24H26ClN5O4S/c1-4-11-30-22(20(13-31)27-23(33)16-6-9-18(34-3)10-7-16)28-29-24(30)35-14-21(32)26-17-8-5-15(2)19(25)12-17/h4-10,12,20,31H,1,11,13-14H2,2-3H3,(H,26,32)(H,27,33)/t20-/m0/s1. The van der Waals surface area contributed by atoms with Gasteiger partial charge in [-0.2, -0.15) is 0 Å². The second-order valence-electron chi connectivity index (χ2n) is 7.48. The van der Waals surface area contributed by atoms with Gasteiger partial charge >= 0.3 is 0 Å². The first-order chi connectivity index (χ1) is 16.9. The molecule has 1 heterocycles. The van der Waals surface area contributed by atoms with Gasteiger partial charge in [0.1, 0.15) is 11.8 Å². The SMILES string of the molecule is C=CCn1c(SCC(=O)Nc2ccc(C)c(Cl)c2)nnc1[C@H](CO)NC(=O)c1ccc(OC)cc1. The van der Waals surface area contributed by atoms with Crippen LogP contribution in [0.1, 0.15) is 27.8 Å². The van der Waals surface area contributed by atoms with Crippen molar-refractivity contribution in [1.29, 1.82) is 0 Å². The van der Waals surface area contributed by atoms with Crippen LogP contribution in [0.4, 0.5) is 5.69 Å². The fourth-order valence-corrected chi connectivity index (χ4v) is 4.07. The molecule has 0 aliphatic rings. The van der Waals surface area contributed by atoms with Gasteiger partial charge in [0.05, 0.1) is 19.5 Å². The molecular weight excluding hydrogens is 490 g/mol. The number of aliphatic hydroxyl groups excluding tert-OH is 1. The fourth-order valence-electron chi connectivity index (χ4n) is 3.14. The van der Waals surface area contributed by atoms with E-state index in [1.165, 1.54) is 11.8 Å². The first-order valence-electron chi connectivity index (χ1n) is 10.6. The number of aromatic nitrogens is 3. The van der Waals surface area contributed by atoms with Gasteiger partial charge in [0.15, 0.2) is 11.0 Å². The van der Waals surface area contributed by atoms with Gasteiger partial charge < -0.3 is 25.0 Å². The van der Waals surface area contributed by atoms with Gasteiger partial charge in [-0.05, 0) is 48.9 Å². The lowest BCUT2D eigenvalue weighted by molar-refractivity contribution is -0.113. The third-order valence-electron chi connectivity index (χ3n) is 5.00. The molecule has 0 saturated carbocycles. The number of methoxy groups -OCH3 is 1. The normalized spacial score (nSPS) is 11.5. The molecule has 2 amide bonds. The van der Waals surface area contributed by atoms with Crippen molar-refractivity contribution in [2.75, 3.05) is 24.8 Å². The number of aryl methyl sites for hydroxylation is 1. The lowest BCUT2D eigenvalue weighted by Crippen LogP contribution is -2.33. The Hall–Kier alpha value is -3.34. The molecule has 0 saturated heterocycles. The van der Waals surface area contributed by atoms with E-state index in [-0.39, 0.29) is 17.6 Å². The molecule has 0 bridgehead atoms. The summed E-state index contributed by atoms with van der Waals surface area (Å²) in [4.78, 5) is 25.1. The molecule has 35 heavy (non-hydrogen) atoms. The number of halogens is 1. The van der Waals surface area contributed by atoms with Crippen molar-refractivity contribution in [2.24, 2.45) is 0 Å². The molecule has 3 aromatic rings. The smallest absolute Gasteiger partial charge is 0.251 e. The maximum absolute atomic E-state index is 12.7. The minimum atomic E-state index is -0.810. The molecule has 0 fully saturated rings. The Kier molecular flexibility index (Phi) is 9.30. The van der Waals surface area contributed by atoms with Crippen molar-refractivity contribution in [1.82, 2.24) is 20.1 Å². The maximum atomic E-state index is 12.7. The van der Waals surface area contributed by atoms with Gasteiger partial charge in [0.25, 0.3) is 5.91 Å². The quantitative estimate of drug-likeness (QED) is 0.263. The van der Waals surface area contributed by atoms with Crippen LogP contribution in [0.5, 0.6) is 5.75 Å². The zero-order chi connectivity index (χ0) is 25.4. The van der Waals surface area contributed by atoms with Crippen LogP contribution in [0.25, 0.3) is 0 Å². The Balaban J connectivity index is 1.69. The lowest BCUT2D eigenvalue weighted by atomic mass is 10.2. The topological polar surface area (TPSA) is 118 Å². The molecule has 2 aromatic carbocycles. The van der Waals surface area contributed by atoms with Gasteiger partial charge in [-0.15, -0.1) is 16.8 Å². The van der Waals surface area contributed by atoms with E-state index in [9.17, 15) is 14.7 Å². The number of nitrogens with one attached hydrogen (secondary N) is 2. The van der Waals surface area contributed by atoms with Crippen LogP contribution in [0.15, 0.2) is 60.3 Å². The molecule has 11 heteroatoms. The summed E-state index contributed by atoms with van der Waals surface area (Å²) in [5.74, 6) is 0.425. The second-order valence-corrected chi connectivity index (χ2v) is 8.83. The van der Waals surface area contributed by atoms with Gasteiger partial charge in [-0.1, -0.05) is 35.5 Å². The monoisotopic (exact) mass is 515 g/mol. The zero-order valence-electron chi connectivity index (χ0n) is 19.3. The van der Waals surface area contributed by atoms with Crippen LogP contribution in [0.2, 0.25) is 5.02 Å². The van der Waals surface area contributed by atoms with Crippen molar-refractivity contribution in [2.45, 2.75) is 24.7 Å². The molecule has 0 aliphatic heterocycles. The summed E-state index contributed by atoms with van der Waals surface area (Å²) in [6, 6.07) is 11.1. The molecule has 0 radical (unpaired) electrons. The highest BCUT2D eigenvalue weighted by molar-refractivity contribution is 7.99. The van der Waals surface area contributed by atoms with Crippen molar-refractivity contribution >= 4 is 40.9 Å². The number of nitrogens with zero attached hydrogens (tertiary/aromatic N) is 3. The van der Waals surface area contributed by atoms with Crippen molar-refractivity contribution in [3.8, 4) is 5.75 Å². The maximum Gasteiger partial charge on any atom is 0.251 e. The van der Waals surface area contributed by atoms with E-state index in [0.29, 0.717) is 39.5 Å². The van der Waals surface area contributed by atoms with E-state index < -0.39 is 12.6 Å². The molecule has 9 nitrogen and oxygen atoms in total. The second kappa shape index (κ2) is 12.4. The first-order valence-corrected chi connectivity index (χ1v) is 12.0. The third-order valence-corrected chi connectivity index (χ3v) is 6.37. The highest BCUT2D eigenvalue weighted by atomic mass is 35.5. The van der Waals surface area contributed by atoms with Crippen LogP contribution in [-0.4, -0.2) is 51.2 Å². The summed E-state index contributed by atoms with van der Waals surface area (Å²) < 4.78 is 6.81. The summed E-state index contributed by atoms with van der Waals surface area (Å²) >= 11 is 7.30. The van der Waals surface area contributed by atoms with Crippen LogP contribution in [0.3, 0.4) is 0 Å². The molecule has 184 valence electrons. The van der Waals surface area contributed by atoms with E-state index in [0.717, 1.165) is 5.56 Å². The fraction of sp³-hybridized carbons (Fsp3) is 0.250. The summed E-state index contributed by atoms with van der Waals surface area (Å²) in [6.45, 7) is 5.57. The molecule has 1 aromatic heterocycles. The number of hydrogen-bond acceptors (Lipinski definition) is 7. The third kappa shape index (κ3) is 6.84. The van der Waals surface area contributed by atoms with Gasteiger partial charge in [-0.25, -0.2) is 0 Å². The largest absolute Gasteiger partial charge is 0.497 e. The number of benzene rings is 2. The Labute approximate surface area is 212 Å².